The minimum Gasteiger partial charge on any atom is -0.327 e. The molecule has 1 aliphatic heterocycles. The summed E-state index contributed by atoms with van der Waals surface area (Å²) in [5.41, 5.74) is 2.18. The van der Waals surface area contributed by atoms with Crippen molar-refractivity contribution in [2.24, 2.45) is 10.4 Å². The van der Waals surface area contributed by atoms with E-state index in [1.54, 1.807) is 47.8 Å². The van der Waals surface area contributed by atoms with Crippen molar-refractivity contribution in [1.82, 2.24) is 34.5 Å². The van der Waals surface area contributed by atoms with Crippen LogP contribution in [0.3, 0.4) is 0 Å². The molecule has 0 bridgehead atoms. The number of aromatic nitrogens is 5. The maximum Gasteiger partial charge on any atom is 0.245 e. The van der Waals surface area contributed by atoms with Crippen molar-refractivity contribution in [3.05, 3.63) is 73.8 Å². The number of hydrogen-bond donors (Lipinski definition) is 0. The summed E-state index contributed by atoms with van der Waals surface area (Å²) in [7, 11) is 3.89. The molecule has 5 rings (SSSR count). The van der Waals surface area contributed by atoms with E-state index in [4.69, 9.17) is 0 Å². The highest BCUT2D eigenvalue weighted by atomic mass is 16.2. The highest BCUT2D eigenvalue weighted by molar-refractivity contribution is 6.46. The smallest absolute Gasteiger partial charge is 0.245 e. The molecular formula is C31H34N8O3. The molecule has 0 N–H and O–H groups in total. The van der Waals surface area contributed by atoms with Gasteiger partial charge in [0.25, 0.3) is 0 Å². The fraction of sp³-hybridized carbons (Fsp3) is 0.355. The number of rotatable bonds is 11. The molecule has 0 aromatic carbocycles. The largest absolute Gasteiger partial charge is 0.327 e. The molecule has 3 atom stereocenters. The molecule has 1 amide bonds. The third-order valence-electron chi connectivity index (χ3n) is 7.81. The van der Waals surface area contributed by atoms with Gasteiger partial charge in [0.2, 0.25) is 11.7 Å². The van der Waals surface area contributed by atoms with Gasteiger partial charge in [-0.25, -0.2) is 9.97 Å². The summed E-state index contributed by atoms with van der Waals surface area (Å²) < 4.78 is 1.50. The van der Waals surface area contributed by atoms with Crippen molar-refractivity contribution in [1.29, 1.82) is 0 Å². The van der Waals surface area contributed by atoms with E-state index in [9.17, 15) is 14.4 Å². The highest BCUT2D eigenvalue weighted by Crippen LogP contribution is 2.59. The van der Waals surface area contributed by atoms with E-state index in [2.05, 4.69) is 45.1 Å². The quantitative estimate of drug-likeness (QED) is 0.196. The minimum atomic E-state index is -0.649. The van der Waals surface area contributed by atoms with E-state index in [0.717, 1.165) is 6.42 Å². The van der Waals surface area contributed by atoms with Crippen LogP contribution in [0.15, 0.2) is 67.2 Å². The lowest BCUT2D eigenvalue weighted by atomic mass is 9.96. The van der Waals surface area contributed by atoms with Crippen molar-refractivity contribution in [2.45, 2.75) is 51.9 Å². The Balaban J connectivity index is 1.44. The summed E-state index contributed by atoms with van der Waals surface area (Å²) in [6, 6.07) is 1.08. The molecule has 216 valence electrons. The zero-order chi connectivity index (χ0) is 30.2. The van der Waals surface area contributed by atoms with Crippen molar-refractivity contribution in [3.8, 4) is 11.3 Å². The van der Waals surface area contributed by atoms with Crippen molar-refractivity contribution < 1.29 is 14.4 Å². The Hall–Kier alpha value is -4.64. The van der Waals surface area contributed by atoms with Gasteiger partial charge < -0.3 is 9.80 Å². The first kappa shape index (κ1) is 28.9. The van der Waals surface area contributed by atoms with Crippen LogP contribution >= 0.6 is 0 Å². The van der Waals surface area contributed by atoms with Crippen LogP contribution in [0.25, 0.3) is 22.2 Å². The van der Waals surface area contributed by atoms with Crippen molar-refractivity contribution in [3.63, 3.8) is 0 Å². The first-order valence-corrected chi connectivity index (χ1v) is 13.7. The Kier molecular flexibility index (Phi) is 7.79. The lowest BCUT2D eigenvalue weighted by Crippen LogP contribution is -2.46. The van der Waals surface area contributed by atoms with Crippen LogP contribution in [0, 0.1) is 5.41 Å². The van der Waals surface area contributed by atoms with E-state index < -0.39 is 6.04 Å². The third-order valence-corrected chi connectivity index (χ3v) is 7.81. The number of nitrogens with zero attached hydrogens (tertiary/aromatic N) is 8. The summed E-state index contributed by atoms with van der Waals surface area (Å²) in [4.78, 5) is 61.1. The Labute approximate surface area is 244 Å². The van der Waals surface area contributed by atoms with Gasteiger partial charge in [-0.15, -0.1) is 0 Å². The predicted molar refractivity (Wildman–Crippen MR) is 160 cm³/mol. The average molecular weight is 567 g/mol. The van der Waals surface area contributed by atoms with Crippen LogP contribution in [0.1, 0.15) is 43.0 Å². The van der Waals surface area contributed by atoms with Crippen LogP contribution < -0.4 is 0 Å². The number of hydrogen-bond acceptors (Lipinski definition) is 9. The summed E-state index contributed by atoms with van der Waals surface area (Å²) in [5, 5.41) is 5.09. The van der Waals surface area contributed by atoms with Gasteiger partial charge in [-0.1, -0.05) is 32.2 Å². The number of Topliss-reactive ketones (excluding diaryl/α,β-unsaturated/α-hetero) is 2. The summed E-state index contributed by atoms with van der Waals surface area (Å²) in [5.74, 6) is -0.0387. The first-order valence-electron chi connectivity index (χ1n) is 13.7. The topological polar surface area (TPSA) is 127 Å². The van der Waals surface area contributed by atoms with Crippen molar-refractivity contribution >= 4 is 34.1 Å². The second-order valence-corrected chi connectivity index (χ2v) is 11.3. The fourth-order valence-corrected chi connectivity index (χ4v) is 5.65. The second kappa shape index (κ2) is 11.3. The molecule has 2 fully saturated rings. The molecule has 1 aliphatic carbocycles. The molecule has 1 saturated heterocycles. The van der Waals surface area contributed by atoms with Gasteiger partial charge >= 0.3 is 0 Å². The average Bonchev–Trinajstić information content (AvgIpc) is 3.32. The van der Waals surface area contributed by atoms with Gasteiger partial charge in [-0.3, -0.25) is 29.0 Å². The van der Waals surface area contributed by atoms with Gasteiger partial charge in [-0.05, 0) is 44.5 Å². The zero-order valence-electron chi connectivity index (χ0n) is 24.3. The molecule has 3 unspecified atom stereocenters. The number of carbonyl (C=O) groups is 3. The number of carbonyl (C=O) groups excluding carboxylic acids is 3. The summed E-state index contributed by atoms with van der Waals surface area (Å²) >= 11 is 0. The predicted octanol–water partition coefficient (Wildman–Crippen LogP) is 3.43. The normalized spacial score (nSPS) is 21.6. The Morgan fingerprint density at radius 2 is 1.88 bits per heavy atom. The van der Waals surface area contributed by atoms with E-state index >= 15 is 0 Å². The number of pyridine rings is 1. The van der Waals surface area contributed by atoms with Gasteiger partial charge in [0.15, 0.2) is 5.78 Å². The molecule has 0 radical (unpaired) electrons. The van der Waals surface area contributed by atoms with Gasteiger partial charge in [-0.2, -0.15) is 5.10 Å². The van der Waals surface area contributed by atoms with E-state index in [-0.39, 0.29) is 46.9 Å². The molecule has 11 nitrogen and oxygen atoms in total. The monoisotopic (exact) mass is 566 g/mol. The molecule has 42 heavy (non-hydrogen) atoms. The Morgan fingerprint density at radius 1 is 1.14 bits per heavy atom. The maximum absolute atomic E-state index is 13.8. The number of aliphatic imine (C=N–C) groups is 1. The summed E-state index contributed by atoms with van der Waals surface area (Å²) in [6.45, 7) is 11.3. The number of likely N-dealkylation sites (tertiary alicyclic amines) is 1. The van der Waals surface area contributed by atoms with Crippen LogP contribution in [0.4, 0.5) is 0 Å². The van der Waals surface area contributed by atoms with E-state index in [0.29, 0.717) is 41.0 Å². The van der Waals surface area contributed by atoms with Crippen LogP contribution in [0.2, 0.25) is 0 Å². The Morgan fingerprint density at radius 3 is 2.52 bits per heavy atom. The number of allylic oxidation sites excluding steroid dienone is 3. The molecule has 11 heteroatoms. The molecule has 4 heterocycles. The zero-order valence-corrected chi connectivity index (χ0v) is 24.3. The van der Waals surface area contributed by atoms with Crippen LogP contribution in [0.5, 0.6) is 0 Å². The van der Waals surface area contributed by atoms with E-state index in [1.807, 2.05) is 19.0 Å². The second-order valence-electron chi connectivity index (χ2n) is 11.3. The molecular weight excluding hydrogens is 532 g/mol. The van der Waals surface area contributed by atoms with Gasteiger partial charge in [0.05, 0.1) is 30.0 Å². The summed E-state index contributed by atoms with van der Waals surface area (Å²) in [6.07, 6.45) is 12.5. The van der Waals surface area contributed by atoms with Gasteiger partial charge in [0, 0.05) is 42.5 Å². The standard InChI is InChI=1S/C31H34N8O3/c1-7-9-10-22(32-8-2)30(42)24-12-31(4)13-26(31)39(24)28(41)18-38-25-16-33-23(11-21(25)29(36-38)19(3)40)20-14-34-27(35-15-20)17-37(5)6/h7-11,14-16,24,26H,1-2,12-13,17-18H2,3-6H3/b10-9-,32-22?. The lowest BCUT2D eigenvalue weighted by Gasteiger charge is -2.26. The number of amides is 1. The first-order chi connectivity index (χ1) is 20.1. The van der Waals surface area contributed by atoms with Crippen LogP contribution in [-0.2, 0) is 22.7 Å². The lowest BCUT2D eigenvalue weighted by molar-refractivity contribution is -0.137. The minimum absolute atomic E-state index is 0.0402. The molecule has 3 aromatic rings. The third kappa shape index (κ3) is 5.47. The number of piperidine rings is 1. The number of fused-ring (bicyclic) bond motifs is 2. The molecule has 1 saturated carbocycles. The SMILES string of the molecule is C=C/C=C\C(=NC=C)C(=O)C1CC2(C)CC2N1C(=O)Cn1nc(C(C)=O)c2cc(-c3cnc(CN(C)C)nc3)ncc21. The maximum atomic E-state index is 13.8. The molecule has 3 aromatic heterocycles. The molecule has 0 spiro atoms. The molecule has 2 aliphatic rings. The van der Waals surface area contributed by atoms with Crippen LogP contribution in [-0.4, -0.2) is 83.9 Å². The van der Waals surface area contributed by atoms with E-state index in [1.165, 1.54) is 17.8 Å². The number of ketones is 2. The van der Waals surface area contributed by atoms with Gasteiger partial charge in [0.1, 0.15) is 23.8 Å². The fourth-order valence-electron chi connectivity index (χ4n) is 5.65. The Bertz CT molecular complexity index is 1650. The highest BCUT2D eigenvalue weighted by Gasteiger charge is 2.64. The van der Waals surface area contributed by atoms with Crippen molar-refractivity contribution in [2.75, 3.05) is 14.1 Å².